The van der Waals surface area contributed by atoms with Gasteiger partial charge < -0.3 is 4.57 Å². The van der Waals surface area contributed by atoms with Crippen LogP contribution in [0.1, 0.15) is 20.3 Å². The van der Waals surface area contributed by atoms with Crippen molar-refractivity contribution >= 4 is 23.5 Å². The summed E-state index contributed by atoms with van der Waals surface area (Å²) in [6.45, 7) is 5.32. The maximum atomic E-state index is 4.36. The number of aromatic nitrogens is 4. The summed E-state index contributed by atoms with van der Waals surface area (Å²) in [5.41, 5.74) is 1.08. The van der Waals surface area contributed by atoms with Gasteiger partial charge in [-0.3, -0.25) is 4.98 Å². The molecule has 0 fully saturated rings. The van der Waals surface area contributed by atoms with Crippen LogP contribution in [0.2, 0.25) is 0 Å². The lowest BCUT2D eigenvalue weighted by molar-refractivity contribution is 0.626. The third kappa shape index (κ3) is 3.99. The van der Waals surface area contributed by atoms with E-state index in [4.69, 9.17) is 0 Å². The highest BCUT2D eigenvalue weighted by molar-refractivity contribution is 8.02. The first-order chi connectivity index (χ1) is 9.86. The highest BCUT2D eigenvalue weighted by Gasteiger charge is 2.13. The quantitative estimate of drug-likeness (QED) is 0.551. The second-order valence-electron chi connectivity index (χ2n) is 4.24. The van der Waals surface area contributed by atoms with Crippen LogP contribution in [0.5, 0.6) is 0 Å². The minimum Gasteiger partial charge on any atom is -0.302 e. The normalized spacial score (nSPS) is 10.9. The third-order valence-corrected chi connectivity index (χ3v) is 4.89. The van der Waals surface area contributed by atoms with Crippen molar-refractivity contribution in [2.24, 2.45) is 0 Å². The number of hydrogen-bond donors (Lipinski definition) is 0. The smallest absolute Gasteiger partial charge is 0.191 e. The van der Waals surface area contributed by atoms with E-state index in [0.29, 0.717) is 0 Å². The van der Waals surface area contributed by atoms with Gasteiger partial charge >= 0.3 is 0 Å². The molecule has 0 radical (unpaired) electrons. The fourth-order valence-electron chi connectivity index (χ4n) is 1.87. The first-order valence-corrected chi connectivity index (χ1v) is 9.05. The van der Waals surface area contributed by atoms with Crippen LogP contribution in [0.3, 0.4) is 0 Å². The number of hydrogen-bond acceptors (Lipinski definition) is 5. The van der Waals surface area contributed by atoms with Crippen LogP contribution >= 0.6 is 23.5 Å². The first-order valence-electron chi connectivity index (χ1n) is 6.91. The fraction of sp³-hybridized carbons (Fsp3) is 0.500. The Morgan fingerprint density at radius 2 is 1.90 bits per heavy atom. The summed E-state index contributed by atoms with van der Waals surface area (Å²) >= 11 is 3.76. The van der Waals surface area contributed by atoms with Gasteiger partial charge in [0.15, 0.2) is 11.0 Å². The first kappa shape index (κ1) is 15.4. The van der Waals surface area contributed by atoms with Crippen LogP contribution in [-0.2, 0) is 6.54 Å². The van der Waals surface area contributed by atoms with Crippen LogP contribution in [0, 0.1) is 0 Å². The Morgan fingerprint density at radius 3 is 2.60 bits per heavy atom. The van der Waals surface area contributed by atoms with E-state index in [1.54, 1.807) is 24.2 Å². The average molecular weight is 308 g/mol. The zero-order valence-corrected chi connectivity index (χ0v) is 13.6. The Hall–Kier alpha value is -1.01. The van der Waals surface area contributed by atoms with Gasteiger partial charge in [0.1, 0.15) is 0 Å². The van der Waals surface area contributed by atoms with E-state index in [-0.39, 0.29) is 0 Å². The molecule has 0 unspecified atom stereocenters. The Kier molecular flexibility index (Phi) is 6.39. The van der Waals surface area contributed by atoms with E-state index in [2.05, 4.69) is 33.6 Å². The largest absolute Gasteiger partial charge is 0.302 e. The molecule has 0 atom stereocenters. The van der Waals surface area contributed by atoms with Gasteiger partial charge in [-0.2, -0.15) is 11.8 Å². The molecule has 4 nitrogen and oxygen atoms in total. The Balaban J connectivity index is 2.15. The zero-order valence-electron chi connectivity index (χ0n) is 12.0. The molecule has 108 valence electrons. The van der Waals surface area contributed by atoms with Crippen molar-refractivity contribution < 1.29 is 0 Å². The van der Waals surface area contributed by atoms with Gasteiger partial charge in [0, 0.05) is 36.0 Å². The van der Waals surface area contributed by atoms with Crippen molar-refractivity contribution in [3.05, 3.63) is 24.5 Å². The Labute approximate surface area is 128 Å². The molecule has 0 amide bonds. The Morgan fingerprint density at radius 1 is 1.10 bits per heavy atom. The number of thioether (sulfide) groups is 2. The molecular formula is C14H20N4S2. The summed E-state index contributed by atoms with van der Waals surface area (Å²) in [5, 5.41) is 9.74. The molecule has 2 aromatic rings. The van der Waals surface area contributed by atoms with E-state index >= 15 is 0 Å². The fourth-order valence-corrected chi connectivity index (χ4v) is 3.58. The molecule has 0 aliphatic rings. The van der Waals surface area contributed by atoms with Gasteiger partial charge in [-0.15, -0.1) is 10.2 Å². The minimum absolute atomic E-state index is 0.944. The van der Waals surface area contributed by atoms with E-state index in [0.717, 1.165) is 41.0 Å². The van der Waals surface area contributed by atoms with Gasteiger partial charge in [-0.1, -0.05) is 25.6 Å². The van der Waals surface area contributed by atoms with Crippen molar-refractivity contribution in [3.63, 3.8) is 0 Å². The predicted octanol–water partition coefficient (Wildman–Crippen LogP) is 3.60. The van der Waals surface area contributed by atoms with Crippen LogP contribution in [0.25, 0.3) is 11.4 Å². The SMILES string of the molecule is CCCn1c(SCCSCC)nnc1-c1ccncc1. The summed E-state index contributed by atoms with van der Waals surface area (Å²) in [6.07, 6.45) is 4.67. The van der Waals surface area contributed by atoms with Crippen LogP contribution < -0.4 is 0 Å². The standard InChI is InChI=1S/C14H20N4S2/c1-3-9-18-13(12-5-7-15-8-6-12)16-17-14(18)20-11-10-19-4-2/h5-8H,3-4,9-11H2,1-2H3. The molecule has 2 heterocycles. The molecule has 0 bridgehead atoms. The molecule has 0 spiro atoms. The summed E-state index contributed by atoms with van der Waals surface area (Å²) in [7, 11) is 0. The molecule has 0 N–H and O–H groups in total. The van der Waals surface area contributed by atoms with Crippen molar-refractivity contribution in [1.82, 2.24) is 19.7 Å². The number of rotatable bonds is 8. The number of nitrogens with zero attached hydrogens (tertiary/aromatic N) is 4. The second-order valence-corrected chi connectivity index (χ2v) is 6.70. The van der Waals surface area contributed by atoms with Gasteiger partial charge in [-0.05, 0) is 24.3 Å². The molecule has 0 saturated heterocycles. The van der Waals surface area contributed by atoms with Crippen molar-refractivity contribution in [2.75, 3.05) is 17.3 Å². The molecule has 0 aliphatic heterocycles. The number of pyridine rings is 1. The lowest BCUT2D eigenvalue weighted by Crippen LogP contribution is -2.02. The van der Waals surface area contributed by atoms with E-state index in [9.17, 15) is 0 Å². The van der Waals surface area contributed by atoms with E-state index < -0.39 is 0 Å². The molecular weight excluding hydrogens is 288 g/mol. The zero-order chi connectivity index (χ0) is 14.2. The summed E-state index contributed by atoms with van der Waals surface area (Å²) in [6, 6.07) is 3.97. The third-order valence-electron chi connectivity index (χ3n) is 2.77. The molecule has 6 heteroatoms. The summed E-state index contributed by atoms with van der Waals surface area (Å²) in [5.74, 6) is 4.35. The topological polar surface area (TPSA) is 43.6 Å². The molecule has 2 aromatic heterocycles. The van der Waals surface area contributed by atoms with Gasteiger partial charge in [0.2, 0.25) is 0 Å². The highest BCUT2D eigenvalue weighted by atomic mass is 32.2. The average Bonchev–Trinajstić information content (AvgIpc) is 2.88. The molecule has 0 aliphatic carbocycles. The monoisotopic (exact) mass is 308 g/mol. The minimum atomic E-state index is 0.944. The van der Waals surface area contributed by atoms with E-state index in [1.807, 2.05) is 23.9 Å². The molecule has 0 aromatic carbocycles. The van der Waals surface area contributed by atoms with Crippen molar-refractivity contribution in [3.8, 4) is 11.4 Å². The highest BCUT2D eigenvalue weighted by Crippen LogP contribution is 2.24. The second kappa shape index (κ2) is 8.32. The lowest BCUT2D eigenvalue weighted by Gasteiger charge is -2.08. The lowest BCUT2D eigenvalue weighted by atomic mass is 10.2. The van der Waals surface area contributed by atoms with Crippen LogP contribution in [0.4, 0.5) is 0 Å². The van der Waals surface area contributed by atoms with Gasteiger partial charge in [0.05, 0.1) is 0 Å². The van der Waals surface area contributed by atoms with Crippen molar-refractivity contribution in [2.45, 2.75) is 32.0 Å². The summed E-state index contributed by atoms with van der Waals surface area (Å²) in [4.78, 5) is 4.06. The van der Waals surface area contributed by atoms with Crippen LogP contribution in [0.15, 0.2) is 29.7 Å². The predicted molar refractivity (Wildman–Crippen MR) is 87.3 cm³/mol. The van der Waals surface area contributed by atoms with Gasteiger partial charge in [-0.25, -0.2) is 0 Å². The molecule has 2 rings (SSSR count). The van der Waals surface area contributed by atoms with Crippen molar-refractivity contribution in [1.29, 1.82) is 0 Å². The van der Waals surface area contributed by atoms with E-state index in [1.165, 1.54) is 5.75 Å². The molecule has 0 saturated carbocycles. The van der Waals surface area contributed by atoms with Gasteiger partial charge in [0.25, 0.3) is 0 Å². The van der Waals surface area contributed by atoms with Crippen LogP contribution in [-0.4, -0.2) is 37.0 Å². The summed E-state index contributed by atoms with van der Waals surface area (Å²) < 4.78 is 2.22. The maximum absolute atomic E-state index is 4.36. The molecule has 20 heavy (non-hydrogen) atoms. The Bertz CT molecular complexity index is 513. The maximum Gasteiger partial charge on any atom is 0.191 e.